The number of ether oxygens (including phenoxy) is 1. The smallest absolute Gasteiger partial charge is 0.410 e. The van der Waals surface area contributed by atoms with E-state index in [2.05, 4.69) is 0 Å². The van der Waals surface area contributed by atoms with E-state index in [1.54, 1.807) is 11.0 Å². The molecule has 1 unspecified atom stereocenters. The zero-order chi connectivity index (χ0) is 17.7. The Morgan fingerprint density at radius 3 is 2.71 bits per heavy atom. The highest BCUT2D eigenvalue weighted by atomic mass is 35.5. The van der Waals surface area contributed by atoms with E-state index in [4.69, 9.17) is 16.3 Å². The van der Waals surface area contributed by atoms with Crippen molar-refractivity contribution in [3.63, 3.8) is 0 Å². The number of hydrogen-bond acceptors (Lipinski definition) is 3. The Morgan fingerprint density at radius 2 is 2.08 bits per heavy atom. The van der Waals surface area contributed by atoms with Gasteiger partial charge in [-0.15, -0.1) is 0 Å². The summed E-state index contributed by atoms with van der Waals surface area (Å²) >= 11 is 6.17. The summed E-state index contributed by atoms with van der Waals surface area (Å²) in [6.45, 7) is 8.23. The largest absolute Gasteiger partial charge is 0.444 e. The van der Waals surface area contributed by atoms with Crippen molar-refractivity contribution in [3.05, 3.63) is 34.3 Å². The molecule has 130 valence electrons. The highest BCUT2D eigenvalue weighted by Gasteiger charge is 2.48. The molecule has 1 aliphatic heterocycles. The van der Waals surface area contributed by atoms with Crippen molar-refractivity contribution in [2.24, 2.45) is 0 Å². The number of hydrogen-bond donors (Lipinski definition) is 0. The van der Waals surface area contributed by atoms with E-state index in [-0.39, 0.29) is 23.3 Å². The van der Waals surface area contributed by atoms with E-state index >= 15 is 0 Å². The van der Waals surface area contributed by atoms with Gasteiger partial charge in [0.15, 0.2) is 5.78 Å². The van der Waals surface area contributed by atoms with Crippen LogP contribution in [-0.4, -0.2) is 35.0 Å². The maximum absolute atomic E-state index is 12.4. The summed E-state index contributed by atoms with van der Waals surface area (Å²) in [5.74, 6) is 0.180. The predicted octanol–water partition coefficient (Wildman–Crippen LogP) is 4.58. The third-order valence-electron chi connectivity index (χ3n) is 5.03. The minimum absolute atomic E-state index is 0.0198. The molecule has 0 radical (unpaired) electrons. The molecule has 3 rings (SSSR count). The Bertz CT molecular complexity index is 694. The fourth-order valence-corrected chi connectivity index (χ4v) is 4.20. The molecular formula is C19H24ClNO3. The van der Waals surface area contributed by atoms with Crippen LogP contribution in [0.25, 0.3) is 0 Å². The topological polar surface area (TPSA) is 46.6 Å². The lowest BCUT2D eigenvalue weighted by Gasteiger charge is -2.44. The van der Waals surface area contributed by atoms with Gasteiger partial charge in [0.25, 0.3) is 0 Å². The Kier molecular flexibility index (Phi) is 4.15. The second-order valence-corrected chi connectivity index (χ2v) is 8.48. The molecular weight excluding hydrogens is 326 g/mol. The molecule has 2 aliphatic rings. The van der Waals surface area contributed by atoms with Crippen molar-refractivity contribution < 1.29 is 14.3 Å². The van der Waals surface area contributed by atoms with E-state index in [9.17, 15) is 9.59 Å². The number of Topliss-reactive ketones (excluding diaryl/α,β-unsaturated/α-hetero) is 1. The van der Waals surface area contributed by atoms with E-state index in [1.165, 1.54) is 0 Å². The van der Waals surface area contributed by atoms with E-state index < -0.39 is 5.60 Å². The van der Waals surface area contributed by atoms with Gasteiger partial charge < -0.3 is 9.64 Å². The first-order chi connectivity index (χ1) is 11.1. The zero-order valence-corrected chi connectivity index (χ0v) is 15.4. The molecule has 0 aromatic heterocycles. The van der Waals surface area contributed by atoms with Crippen LogP contribution in [0.1, 0.15) is 62.9 Å². The summed E-state index contributed by atoms with van der Waals surface area (Å²) in [6, 6.07) is 5.56. The third-order valence-corrected chi connectivity index (χ3v) is 5.26. The molecule has 1 aliphatic carbocycles. The van der Waals surface area contributed by atoms with Gasteiger partial charge in [-0.25, -0.2) is 4.79 Å². The standard InChI is InChI=1S/C19H24ClNO3/c1-12-10-19(7-8-21(12)17(23)24-18(2,3)4)11-16(22)14-6-5-13(20)9-15(14)19/h5-6,9,12H,7-8,10-11H2,1-4H3/t12-,19?/m0/s1. The van der Waals surface area contributed by atoms with Crippen LogP contribution >= 0.6 is 11.6 Å². The molecule has 5 heteroatoms. The molecule has 2 atom stereocenters. The van der Waals surface area contributed by atoms with Crippen molar-refractivity contribution in [1.82, 2.24) is 4.90 Å². The molecule has 1 aromatic rings. The second kappa shape index (κ2) is 5.76. The number of fused-ring (bicyclic) bond motifs is 2. The maximum Gasteiger partial charge on any atom is 0.410 e. The lowest BCUT2D eigenvalue weighted by atomic mass is 9.71. The van der Waals surface area contributed by atoms with Crippen molar-refractivity contribution in [3.8, 4) is 0 Å². The molecule has 0 N–H and O–H groups in total. The van der Waals surface area contributed by atoms with Crippen LogP contribution in [0.3, 0.4) is 0 Å². The number of nitrogens with zero attached hydrogens (tertiary/aromatic N) is 1. The number of rotatable bonds is 0. The lowest BCUT2D eigenvalue weighted by Crippen LogP contribution is -2.51. The van der Waals surface area contributed by atoms with Crippen LogP contribution in [-0.2, 0) is 10.2 Å². The van der Waals surface area contributed by atoms with E-state index in [1.807, 2.05) is 39.8 Å². The summed E-state index contributed by atoms with van der Waals surface area (Å²) < 4.78 is 5.51. The van der Waals surface area contributed by atoms with Gasteiger partial charge in [-0.1, -0.05) is 11.6 Å². The molecule has 1 saturated heterocycles. The summed E-state index contributed by atoms with van der Waals surface area (Å²) in [6.07, 6.45) is 1.75. The number of ketones is 1. The number of piperidine rings is 1. The number of halogens is 1. The van der Waals surface area contributed by atoms with Crippen molar-refractivity contribution in [2.75, 3.05) is 6.54 Å². The normalized spacial score (nSPS) is 26.6. The lowest BCUT2D eigenvalue weighted by molar-refractivity contribution is 0.00440. The Hall–Kier alpha value is -1.55. The van der Waals surface area contributed by atoms with Gasteiger partial charge in [0.1, 0.15) is 5.60 Å². The highest BCUT2D eigenvalue weighted by molar-refractivity contribution is 6.30. The summed E-state index contributed by atoms with van der Waals surface area (Å²) in [7, 11) is 0. The second-order valence-electron chi connectivity index (χ2n) is 8.05. The highest BCUT2D eigenvalue weighted by Crippen LogP contribution is 2.48. The summed E-state index contributed by atoms with van der Waals surface area (Å²) in [5, 5.41) is 0.657. The molecule has 1 spiro atoms. The summed E-state index contributed by atoms with van der Waals surface area (Å²) in [5.41, 5.74) is 1.14. The van der Waals surface area contributed by atoms with E-state index in [0.29, 0.717) is 18.0 Å². The summed E-state index contributed by atoms with van der Waals surface area (Å²) in [4.78, 5) is 26.6. The maximum atomic E-state index is 12.4. The van der Waals surface area contributed by atoms with E-state index in [0.717, 1.165) is 24.0 Å². The van der Waals surface area contributed by atoms with Gasteiger partial charge >= 0.3 is 6.09 Å². The number of carbonyl (C=O) groups excluding carboxylic acids is 2. The average molecular weight is 350 g/mol. The van der Waals surface area contributed by atoms with Crippen LogP contribution in [0.4, 0.5) is 4.79 Å². The molecule has 24 heavy (non-hydrogen) atoms. The van der Waals surface area contributed by atoms with Gasteiger partial charge in [0.05, 0.1) is 0 Å². The number of benzene rings is 1. The van der Waals surface area contributed by atoms with Crippen LogP contribution in [0.5, 0.6) is 0 Å². The van der Waals surface area contributed by atoms with Crippen molar-refractivity contribution in [1.29, 1.82) is 0 Å². The zero-order valence-electron chi connectivity index (χ0n) is 14.7. The Labute approximate surface area is 148 Å². The molecule has 0 saturated carbocycles. The van der Waals surface area contributed by atoms with Gasteiger partial charge in [-0.3, -0.25) is 4.79 Å². The number of amides is 1. The molecule has 1 fully saturated rings. The fraction of sp³-hybridized carbons (Fsp3) is 0.579. The van der Waals surface area contributed by atoms with Crippen LogP contribution in [0.15, 0.2) is 18.2 Å². The van der Waals surface area contributed by atoms with Crippen LogP contribution in [0, 0.1) is 0 Å². The van der Waals surface area contributed by atoms with Crippen LogP contribution < -0.4 is 0 Å². The van der Waals surface area contributed by atoms with Crippen LogP contribution in [0.2, 0.25) is 5.02 Å². The van der Waals surface area contributed by atoms with Gasteiger partial charge in [0, 0.05) is 35.0 Å². The fourth-order valence-electron chi connectivity index (χ4n) is 4.03. The average Bonchev–Trinajstić information content (AvgIpc) is 2.69. The first-order valence-electron chi connectivity index (χ1n) is 8.44. The first-order valence-corrected chi connectivity index (χ1v) is 8.82. The van der Waals surface area contributed by atoms with Gasteiger partial charge in [0.2, 0.25) is 0 Å². The minimum atomic E-state index is -0.505. The monoisotopic (exact) mass is 349 g/mol. The quantitative estimate of drug-likeness (QED) is 0.688. The Balaban J connectivity index is 1.83. The van der Waals surface area contributed by atoms with Gasteiger partial charge in [-0.05, 0) is 64.3 Å². The molecule has 1 heterocycles. The van der Waals surface area contributed by atoms with Crippen molar-refractivity contribution >= 4 is 23.5 Å². The molecule has 1 amide bonds. The predicted molar refractivity (Wildman–Crippen MR) is 93.7 cm³/mol. The SMILES string of the molecule is C[C@H]1CC2(CCN1C(=O)OC(C)(C)C)CC(=O)c1ccc(Cl)cc12. The van der Waals surface area contributed by atoms with Gasteiger partial charge in [-0.2, -0.15) is 0 Å². The molecule has 1 aromatic carbocycles. The van der Waals surface area contributed by atoms with Crippen molar-refractivity contribution in [2.45, 2.75) is 64.0 Å². The third kappa shape index (κ3) is 3.04. The minimum Gasteiger partial charge on any atom is -0.444 e. The number of likely N-dealkylation sites (tertiary alicyclic amines) is 1. The number of carbonyl (C=O) groups is 2. The molecule has 4 nitrogen and oxygen atoms in total. The first kappa shape index (κ1) is 17.3. The Morgan fingerprint density at radius 1 is 1.38 bits per heavy atom. The molecule has 0 bridgehead atoms.